The van der Waals surface area contributed by atoms with Gasteiger partial charge in [0.05, 0.1) is 34.4 Å². The second-order valence-corrected chi connectivity index (χ2v) is 12.6. The quantitative estimate of drug-likeness (QED) is 0.293. The highest BCUT2D eigenvalue weighted by molar-refractivity contribution is 6.05. The number of fused-ring (bicyclic) bond motifs is 2. The highest BCUT2D eigenvalue weighted by Crippen LogP contribution is 2.62. The van der Waals surface area contributed by atoms with Crippen molar-refractivity contribution in [3.63, 3.8) is 0 Å². The summed E-state index contributed by atoms with van der Waals surface area (Å²) in [6, 6.07) is 15.5. The van der Waals surface area contributed by atoms with Crippen molar-refractivity contribution in [2.75, 3.05) is 0 Å². The van der Waals surface area contributed by atoms with Crippen molar-refractivity contribution in [3.8, 4) is 11.3 Å². The molecule has 2 saturated carbocycles. The summed E-state index contributed by atoms with van der Waals surface area (Å²) in [4.78, 5) is 25.6. The molecule has 0 atom stereocenters. The minimum atomic E-state index is -0.999. The number of H-pyrrole nitrogens is 1. The van der Waals surface area contributed by atoms with Gasteiger partial charge in [-0.3, -0.25) is 19.0 Å². The third kappa shape index (κ3) is 4.52. The molecular weight excluding hydrogens is 518 g/mol. The molecule has 7 rings (SSSR count). The van der Waals surface area contributed by atoms with Gasteiger partial charge in [0.25, 0.3) is 11.5 Å². The molecule has 10 heteroatoms. The van der Waals surface area contributed by atoms with Gasteiger partial charge >= 0.3 is 0 Å². The SMILES string of the molecule is Cn1ccc(-c2ccc3c(C(=O)NC4CC5(C4)CC(c4n[nH]c(=O)c6ccccc46)C5)nn(CC(C)(C)O)c3c2)n1. The Bertz CT molecular complexity index is 1860. The summed E-state index contributed by atoms with van der Waals surface area (Å²) in [6.45, 7) is 3.71. The summed E-state index contributed by atoms with van der Waals surface area (Å²) in [5.74, 6) is 0.113. The molecule has 2 aliphatic carbocycles. The van der Waals surface area contributed by atoms with Gasteiger partial charge in [-0.15, -0.1) is 0 Å². The van der Waals surface area contributed by atoms with Crippen molar-refractivity contribution in [1.82, 2.24) is 35.1 Å². The smallest absolute Gasteiger partial charge is 0.272 e. The largest absolute Gasteiger partial charge is 0.389 e. The van der Waals surface area contributed by atoms with Crippen LogP contribution in [0.3, 0.4) is 0 Å². The van der Waals surface area contributed by atoms with Gasteiger partial charge in [0, 0.05) is 41.5 Å². The number of aromatic amines is 1. The molecule has 0 saturated heterocycles. The fraction of sp³-hybridized carbons (Fsp3) is 0.387. The van der Waals surface area contributed by atoms with Crippen LogP contribution in [0.15, 0.2) is 59.5 Å². The third-order valence-electron chi connectivity index (χ3n) is 8.68. The standard InChI is InChI=1S/C31H33N7O3/c1-30(2,41)17-38-25-12-18(24-10-11-37(3)35-24)8-9-23(25)27(36-38)29(40)32-20-15-31(16-20)13-19(14-31)26-21-6-4-5-7-22(21)28(39)34-33-26/h4-12,19-20,41H,13-17H2,1-3H3,(H,32,40)(H,34,39). The molecule has 0 bridgehead atoms. The van der Waals surface area contributed by atoms with E-state index in [1.807, 2.05) is 61.8 Å². The van der Waals surface area contributed by atoms with Gasteiger partial charge in [0.15, 0.2) is 5.69 Å². The molecule has 3 N–H and O–H groups in total. The number of benzene rings is 2. The van der Waals surface area contributed by atoms with Gasteiger partial charge in [-0.1, -0.05) is 24.3 Å². The van der Waals surface area contributed by atoms with Gasteiger partial charge in [0.1, 0.15) is 0 Å². The highest BCUT2D eigenvalue weighted by Gasteiger charge is 2.54. The fourth-order valence-corrected chi connectivity index (χ4v) is 6.86. The Balaban J connectivity index is 1.07. The van der Waals surface area contributed by atoms with Crippen LogP contribution in [0.5, 0.6) is 0 Å². The number of aliphatic hydroxyl groups is 1. The van der Waals surface area contributed by atoms with Crippen molar-refractivity contribution < 1.29 is 9.90 Å². The molecule has 0 unspecified atom stereocenters. The van der Waals surface area contributed by atoms with E-state index in [0.29, 0.717) is 17.0 Å². The summed E-state index contributed by atoms with van der Waals surface area (Å²) in [5.41, 5.74) is 2.93. The lowest BCUT2D eigenvalue weighted by molar-refractivity contribution is -0.0197. The summed E-state index contributed by atoms with van der Waals surface area (Å²) < 4.78 is 3.47. The summed E-state index contributed by atoms with van der Waals surface area (Å²) in [7, 11) is 1.87. The summed E-state index contributed by atoms with van der Waals surface area (Å²) >= 11 is 0. The Kier molecular flexibility index (Phi) is 5.69. The molecular formula is C31H33N7O3. The molecule has 2 aliphatic rings. The third-order valence-corrected chi connectivity index (χ3v) is 8.68. The van der Waals surface area contributed by atoms with Crippen LogP contribution in [0.2, 0.25) is 0 Å². The molecule has 5 aromatic rings. The van der Waals surface area contributed by atoms with Crippen LogP contribution in [0.4, 0.5) is 0 Å². The van der Waals surface area contributed by atoms with E-state index >= 15 is 0 Å². The lowest BCUT2D eigenvalue weighted by Gasteiger charge is -2.57. The Labute approximate surface area is 236 Å². The summed E-state index contributed by atoms with van der Waals surface area (Å²) in [6.07, 6.45) is 5.73. The molecule has 1 amide bonds. The number of carbonyl (C=O) groups excluding carboxylic acids is 1. The number of hydrogen-bond acceptors (Lipinski definition) is 6. The molecule has 1 spiro atoms. The van der Waals surface area contributed by atoms with Crippen LogP contribution in [0.1, 0.15) is 61.6 Å². The van der Waals surface area contributed by atoms with Crippen LogP contribution in [0.25, 0.3) is 32.9 Å². The lowest BCUT2D eigenvalue weighted by Crippen LogP contribution is -2.55. The molecule has 3 aromatic heterocycles. The molecule has 2 aromatic carbocycles. The number of amides is 1. The maximum atomic E-state index is 13.5. The van der Waals surface area contributed by atoms with Gasteiger partial charge in [0.2, 0.25) is 0 Å². The minimum absolute atomic E-state index is 0.0889. The van der Waals surface area contributed by atoms with E-state index < -0.39 is 5.60 Å². The van der Waals surface area contributed by atoms with E-state index in [9.17, 15) is 14.7 Å². The number of nitrogens with zero attached hydrogens (tertiary/aromatic N) is 5. The van der Waals surface area contributed by atoms with E-state index in [1.165, 1.54) is 0 Å². The molecule has 210 valence electrons. The van der Waals surface area contributed by atoms with E-state index in [1.54, 1.807) is 23.2 Å². The Hall–Kier alpha value is -4.31. The van der Waals surface area contributed by atoms with Crippen molar-refractivity contribution in [2.45, 2.75) is 63.6 Å². The molecule has 0 radical (unpaired) electrons. The van der Waals surface area contributed by atoms with Crippen molar-refractivity contribution in [1.29, 1.82) is 0 Å². The lowest BCUT2D eigenvalue weighted by atomic mass is 9.49. The summed E-state index contributed by atoms with van der Waals surface area (Å²) in [5, 5.41) is 32.3. The second-order valence-electron chi connectivity index (χ2n) is 12.6. The van der Waals surface area contributed by atoms with E-state index in [0.717, 1.165) is 58.9 Å². The first-order valence-corrected chi connectivity index (χ1v) is 14.1. The second kappa shape index (κ2) is 9.10. The molecule has 10 nitrogen and oxygen atoms in total. The maximum Gasteiger partial charge on any atom is 0.272 e. The van der Waals surface area contributed by atoms with E-state index in [-0.39, 0.29) is 29.5 Å². The number of nitrogens with one attached hydrogen (secondary N) is 2. The topological polar surface area (TPSA) is 131 Å². The Morgan fingerprint density at radius 2 is 1.83 bits per heavy atom. The number of rotatable bonds is 6. The van der Waals surface area contributed by atoms with Gasteiger partial charge in [-0.2, -0.15) is 15.3 Å². The normalized spacial score (nSPS) is 22.1. The van der Waals surface area contributed by atoms with Gasteiger partial charge < -0.3 is 10.4 Å². The molecule has 41 heavy (non-hydrogen) atoms. The first kappa shape index (κ1) is 25.6. The highest BCUT2D eigenvalue weighted by atomic mass is 16.3. The van der Waals surface area contributed by atoms with Crippen LogP contribution in [0, 0.1) is 5.41 Å². The average molecular weight is 552 g/mol. The molecule has 2 fully saturated rings. The fourth-order valence-electron chi connectivity index (χ4n) is 6.86. The molecule has 3 heterocycles. The zero-order chi connectivity index (χ0) is 28.5. The average Bonchev–Trinajstić information content (AvgIpc) is 3.48. The van der Waals surface area contributed by atoms with Crippen molar-refractivity contribution in [2.24, 2.45) is 12.5 Å². The van der Waals surface area contributed by atoms with Gasteiger partial charge in [-0.05, 0) is 69.2 Å². The zero-order valence-electron chi connectivity index (χ0n) is 23.4. The predicted octanol–water partition coefficient (Wildman–Crippen LogP) is 3.90. The van der Waals surface area contributed by atoms with Crippen molar-refractivity contribution in [3.05, 3.63) is 76.5 Å². The first-order valence-electron chi connectivity index (χ1n) is 14.1. The van der Waals surface area contributed by atoms with Gasteiger partial charge in [-0.25, -0.2) is 5.10 Å². The number of hydrogen-bond donors (Lipinski definition) is 3. The zero-order valence-corrected chi connectivity index (χ0v) is 23.4. The number of aromatic nitrogens is 6. The van der Waals surface area contributed by atoms with Crippen LogP contribution < -0.4 is 10.9 Å². The van der Waals surface area contributed by atoms with Crippen LogP contribution in [-0.2, 0) is 13.6 Å². The Morgan fingerprint density at radius 1 is 1.07 bits per heavy atom. The van der Waals surface area contributed by atoms with Crippen LogP contribution in [-0.4, -0.2) is 52.4 Å². The van der Waals surface area contributed by atoms with E-state index in [4.69, 9.17) is 0 Å². The first-order chi connectivity index (χ1) is 19.6. The van der Waals surface area contributed by atoms with Crippen molar-refractivity contribution >= 4 is 27.6 Å². The monoisotopic (exact) mass is 551 g/mol. The predicted molar refractivity (Wildman–Crippen MR) is 155 cm³/mol. The maximum absolute atomic E-state index is 13.5. The minimum Gasteiger partial charge on any atom is -0.389 e. The number of carbonyl (C=O) groups is 1. The van der Waals surface area contributed by atoms with Crippen LogP contribution >= 0.6 is 0 Å². The Morgan fingerprint density at radius 3 is 2.54 bits per heavy atom. The number of aryl methyl sites for hydroxylation is 1. The van der Waals surface area contributed by atoms with E-state index in [2.05, 4.69) is 25.7 Å². The molecule has 0 aliphatic heterocycles.